The smallest absolute Gasteiger partial charge is 0.250 e. The van der Waals surface area contributed by atoms with Gasteiger partial charge >= 0.3 is 0 Å². The van der Waals surface area contributed by atoms with Gasteiger partial charge in [-0.3, -0.25) is 0 Å². The third kappa shape index (κ3) is 4.69. The van der Waals surface area contributed by atoms with Gasteiger partial charge in [0.25, 0.3) is 0 Å². The van der Waals surface area contributed by atoms with Crippen LogP contribution in [-0.2, 0) is 16.4 Å². The molecule has 5 rings (SSSR count). The number of hydrogen-bond acceptors (Lipinski definition) is 4. The number of H-pyrrole nitrogens is 1. The van der Waals surface area contributed by atoms with Gasteiger partial charge in [-0.2, -0.15) is 0 Å². The maximum atomic E-state index is 12.9. The Balaban J connectivity index is 1.16. The summed E-state index contributed by atoms with van der Waals surface area (Å²) in [4.78, 5) is 5.63. The molecule has 0 aliphatic carbocycles. The van der Waals surface area contributed by atoms with Crippen molar-refractivity contribution in [2.45, 2.75) is 29.5 Å². The highest BCUT2D eigenvalue weighted by Crippen LogP contribution is 2.31. The lowest BCUT2D eigenvalue weighted by molar-refractivity contribution is 0.327. The molecule has 1 atom stereocenters. The maximum absolute atomic E-state index is 12.9. The lowest BCUT2D eigenvalue weighted by atomic mass is 10.1. The topological polar surface area (TPSA) is 65.2 Å². The van der Waals surface area contributed by atoms with Gasteiger partial charge in [0.05, 0.1) is 0 Å². The number of nitrogens with zero attached hydrogens (tertiary/aromatic N) is 1. The van der Waals surface area contributed by atoms with Gasteiger partial charge in [-0.25, -0.2) is 13.1 Å². The predicted octanol–water partition coefficient (Wildman–Crippen LogP) is 5.67. The Labute approximate surface area is 201 Å². The van der Waals surface area contributed by atoms with Crippen LogP contribution in [0.25, 0.3) is 21.0 Å². The van der Waals surface area contributed by atoms with Crippen molar-refractivity contribution in [3.63, 3.8) is 0 Å². The SMILES string of the molecule is O=S(=O)(NC1CCN(CCCc2c[nH]c3ccc(Cl)cc23)C1)c1cc2ccc(Cl)cc2s1. The Morgan fingerprint density at radius 1 is 1.12 bits per heavy atom. The van der Waals surface area contributed by atoms with Crippen LogP contribution in [0.2, 0.25) is 10.0 Å². The molecule has 1 aliphatic rings. The number of halogens is 2. The molecule has 5 nitrogen and oxygen atoms in total. The summed E-state index contributed by atoms with van der Waals surface area (Å²) in [5, 5.41) is 3.42. The van der Waals surface area contributed by atoms with Gasteiger partial charge in [-0.15, -0.1) is 11.3 Å². The van der Waals surface area contributed by atoms with Crippen LogP contribution in [0.5, 0.6) is 0 Å². The average molecular weight is 508 g/mol. The second kappa shape index (κ2) is 8.97. The number of aromatic amines is 1. The second-order valence-electron chi connectivity index (χ2n) is 8.26. The number of likely N-dealkylation sites (tertiary alicyclic amines) is 1. The molecule has 1 aliphatic heterocycles. The van der Waals surface area contributed by atoms with Crippen molar-refractivity contribution in [1.29, 1.82) is 0 Å². The Bertz CT molecular complexity index is 1380. The van der Waals surface area contributed by atoms with Gasteiger partial charge in [0.15, 0.2) is 0 Å². The molecule has 0 amide bonds. The van der Waals surface area contributed by atoms with E-state index < -0.39 is 10.0 Å². The number of nitrogens with one attached hydrogen (secondary N) is 2. The van der Waals surface area contributed by atoms with Crippen LogP contribution < -0.4 is 4.72 Å². The van der Waals surface area contributed by atoms with E-state index in [4.69, 9.17) is 23.2 Å². The van der Waals surface area contributed by atoms with E-state index in [1.807, 2.05) is 24.3 Å². The van der Waals surface area contributed by atoms with Gasteiger partial charge in [-0.05, 0) is 79.7 Å². The van der Waals surface area contributed by atoms with Crippen LogP contribution in [0.15, 0.2) is 52.9 Å². The molecule has 4 aromatic rings. The van der Waals surface area contributed by atoms with Crippen LogP contribution in [-0.4, -0.2) is 44.0 Å². The van der Waals surface area contributed by atoms with Crippen molar-refractivity contribution in [2.24, 2.45) is 0 Å². The number of benzene rings is 2. The van der Waals surface area contributed by atoms with Gasteiger partial charge in [0.2, 0.25) is 10.0 Å². The molecule has 3 heterocycles. The quantitative estimate of drug-likeness (QED) is 0.338. The van der Waals surface area contributed by atoms with E-state index in [9.17, 15) is 8.42 Å². The first-order valence-electron chi connectivity index (χ1n) is 10.6. The number of aryl methyl sites for hydroxylation is 1. The zero-order valence-electron chi connectivity index (χ0n) is 17.3. The maximum Gasteiger partial charge on any atom is 0.250 e. The van der Waals surface area contributed by atoms with Crippen molar-refractivity contribution < 1.29 is 8.42 Å². The first-order valence-corrected chi connectivity index (χ1v) is 13.6. The van der Waals surface area contributed by atoms with E-state index >= 15 is 0 Å². The van der Waals surface area contributed by atoms with E-state index in [0.717, 1.165) is 59.5 Å². The first kappa shape index (κ1) is 22.2. The van der Waals surface area contributed by atoms with Crippen molar-refractivity contribution in [2.75, 3.05) is 19.6 Å². The van der Waals surface area contributed by atoms with Gasteiger partial charge in [0.1, 0.15) is 4.21 Å². The second-order valence-corrected chi connectivity index (χ2v) is 12.2. The Kier molecular flexibility index (Phi) is 6.22. The number of thiophene rings is 1. The fourth-order valence-corrected chi connectivity index (χ4v) is 7.50. The van der Waals surface area contributed by atoms with Crippen molar-refractivity contribution in [1.82, 2.24) is 14.6 Å². The molecular formula is C23H23Cl2N3O2S2. The predicted molar refractivity (Wildman–Crippen MR) is 134 cm³/mol. The molecule has 0 radical (unpaired) electrons. The first-order chi connectivity index (χ1) is 15.4. The molecule has 0 bridgehead atoms. The largest absolute Gasteiger partial charge is 0.361 e. The van der Waals surface area contributed by atoms with E-state index in [0.29, 0.717) is 9.23 Å². The van der Waals surface area contributed by atoms with Crippen LogP contribution in [0.1, 0.15) is 18.4 Å². The summed E-state index contributed by atoms with van der Waals surface area (Å²) >= 11 is 13.4. The van der Waals surface area contributed by atoms with E-state index in [1.54, 1.807) is 18.2 Å². The third-order valence-electron chi connectivity index (χ3n) is 5.97. The summed E-state index contributed by atoms with van der Waals surface area (Å²) < 4.78 is 29.9. The molecule has 168 valence electrons. The highest BCUT2D eigenvalue weighted by Gasteiger charge is 2.28. The van der Waals surface area contributed by atoms with Gasteiger partial charge in [0, 0.05) is 44.4 Å². The normalized spacial score (nSPS) is 17.6. The monoisotopic (exact) mass is 507 g/mol. The minimum atomic E-state index is -3.54. The number of hydrogen-bond donors (Lipinski definition) is 2. The third-order valence-corrected chi connectivity index (χ3v) is 9.53. The molecule has 1 unspecified atom stereocenters. The molecular weight excluding hydrogens is 485 g/mol. The number of fused-ring (bicyclic) bond motifs is 2. The zero-order valence-corrected chi connectivity index (χ0v) is 20.4. The van der Waals surface area contributed by atoms with E-state index in [1.165, 1.54) is 22.3 Å². The van der Waals surface area contributed by atoms with Gasteiger partial charge in [-0.1, -0.05) is 29.3 Å². The molecule has 2 aromatic heterocycles. The average Bonchev–Trinajstić information content (AvgIpc) is 3.46. The van der Waals surface area contributed by atoms with Crippen LogP contribution in [0.3, 0.4) is 0 Å². The summed E-state index contributed by atoms with van der Waals surface area (Å²) in [5.41, 5.74) is 2.37. The molecule has 32 heavy (non-hydrogen) atoms. The summed E-state index contributed by atoms with van der Waals surface area (Å²) in [6, 6.07) is 13.0. The van der Waals surface area contributed by atoms with Gasteiger partial charge < -0.3 is 9.88 Å². The number of rotatable bonds is 7. The number of aromatic nitrogens is 1. The number of sulfonamides is 1. The van der Waals surface area contributed by atoms with Crippen LogP contribution in [0.4, 0.5) is 0 Å². The molecule has 1 saturated heterocycles. The molecule has 9 heteroatoms. The van der Waals surface area contributed by atoms with Crippen LogP contribution in [0, 0.1) is 0 Å². The van der Waals surface area contributed by atoms with Crippen LogP contribution >= 0.6 is 34.5 Å². The lowest BCUT2D eigenvalue weighted by Gasteiger charge is -2.16. The van der Waals surface area contributed by atoms with Crippen molar-refractivity contribution in [3.8, 4) is 0 Å². The fraction of sp³-hybridized carbons (Fsp3) is 0.304. The highest BCUT2D eigenvalue weighted by atomic mass is 35.5. The zero-order chi connectivity index (χ0) is 22.3. The minimum absolute atomic E-state index is 0.0688. The standard InChI is InChI=1S/C23H23Cl2N3O2S2/c24-17-5-6-21-20(11-17)16(13-26-21)2-1-8-28-9-7-19(14-28)27-32(29,30)23-10-15-3-4-18(25)12-22(15)31-23/h3-6,10-13,19,26-27H,1-2,7-9,14H2. The van der Waals surface area contributed by atoms with E-state index in [-0.39, 0.29) is 6.04 Å². The molecule has 0 spiro atoms. The minimum Gasteiger partial charge on any atom is -0.361 e. The van der Waals surface area contributed by atoms with Crippen molar-refractivity contribution >= 4 is 65.6 Å². The Morgan fingerprint density at radius 3 is 2.81 bits per heavy atom. The Morgan fingerprint density at radius 2 is 1.94 bits per heavy atom. The Hall–Kier alpha value is -1.61. The van der Waals surface area contributed by atoms with E-state index in [2.05, 4.69) is 20.8 Å². The summed E-state index contributed by atoms with van der Waals surface area (Å²) in [6.45, 7) is 2.57. The summed E-state index contributed by atoms with van der Waals surface area (Å²) in [6.07, 6.45) is 4.84. The molecule has 2 aromatic carbocycles. The molecule has 2 N–H and O–H groups in total. The lowest BCUT2D eigenvalue weighted by Crippen LogP contribution is -2.36. The summed E-state index contributed by atoms with van der Waals surface area (Å²) in [7, 11) is -3.54. The fourth-order valence-electron chi connectivity index (χ4n) is 4.37. The molecule has 1 fully saturated rings. The van der Waals surface area contributed by atoms with Crippen molar-refractivity contribution in [3.05, 3.63) is 64.3 Å². The summed E-state index contributed by atoms with van der Waals surface area (Å²) in [5.74, 6) is 0. The molecule has 0 saturated carbocycles. The highest BCUT2D eigenvalue weighted by molar-refractivity contribution is 7.91.